The van der Waals surface area contributed by atoms with Crippen LogP contribution in [0.3, 0.4) is 0 Å². The van der Waals surface area contributed by atoms with E-state index in [-0.39, 0.29) is 12.3 Å². The van der Waals surface area contributed by atoms with Crippen LogP contribution in [0.15, 0.2) is 85.5 Å². The van der Waals surface area contributed by atoms with E-state index in [1.165, 1.54) is 22.3 Å². The second-order valence-electron chi connectivity index (χ2n) is 7.97. The molecule has 0 saturated heterocycles. The fourth-order valence-electron chi connectivity index (χ4n) is 3.71. The van der Waals surface area contributed by atoms with Crippen LogP contribution < -0.4 is 0 Å². The zero-order chi connectivity index (χ0) is 22.1. The van der Waals surface area contributed by atoms with Crippen molar-refractivity contribution in [2.75, 3.05) is 0 Å². The minimum absolute atomic E-state index is 0.0263. The van der Waals surface area contributed by atoms with Crippen LogP contribution >= 0.6 is 0 Å². The van der Waals surface area contributed by atoms with Crippen molar-refractivity contribution in [3.8, 4) is 33.9 Å². The molecule has 2 aromatic carbocycles. The molecular formula is C27H22N4O. The summed E-state index contributed by atoms with van der Waals surface area (Å²) in [4.78, 5) is 25.8. The van der Waals surface area contributed by atoms with Gasteiger partial charge in [-0.2, -0.15) is 0 Å². The Hall–Kier alpha value is -4.12. The molecule has 0 bridgehead atoms. The molecule has 0 amide bonds. The van der Waals surface area contributed by atoms with Gasteiger partial charge in [-0.25, -0.2) is 9.97 Å². The third kappa shape index (κ3) is 3.93. The van der Waals surface area contributed by atoms with E-state index in [9.17, 15) is 4.79 Å². The van der Waals surface area contributed by atoms with Crippen LogP contribution in [-0.4, -0.2) is 25.3 Å². The van der Waals surface area contributed by atoms with Crippen LogP contribution in [0.2, 0.25) is 0 Å². The molecule has 0 fully saturated rings. The van der Waals surface area contributed by atoms with Gasteiger partial charge in [-0.1, -0.05) is 42.5 Å². The van der Waals surface area contributed by atoms with Gasteiger partial charge in [0.25, 0.3) is 0 Å². The molecule has 3 heterocycles. The van der Waals surface area contributed by atoms with Gasteiger partial charge >= 0.3 is 0 Å². The molecule has 0 N–H and O–H groups in total. The Morgan fingerprint density at radius 3 is 2.22 bits per heavy atom. The largest absolute Gasteiger partial charge is 0.344 e. The SMILES string of the molecule is Cc1ccc(-c2ccc(-c3nc4ccn(CC(=O)c5ccncc5)cc-4n3)cc2)cc1C. The number of pyridine rings is 2. The highest BCUT2D eigenvalue weighted by atomic mass is 16.1. The van der Waals surface area contributed by atoms with Gasteiger partial charge in [0.1, 0.15) is 5.69 Å². The van der Waals surface area contributed by atoms with Crippen molar-refractivity contribution in [2.45, 2.75) is 20.4 Å². The Balaban J connectivity index is 1.38. The number of hydrogen-bond acceptors (Lipinski definition) is 4. The first-order valence-electron chi connectivity index (χ1n) is 10.5. The summed E-state index contributed by atoms with van der Waals surface area (Å²) in [6.45, 7) is 4.50. The molecule has 1 aromatic heterocycles. The lowest BCUT2D eigenvalue weighted by Crippen LogP contribution is -2.10. The van der Waals surface area contributed by atoms with Crippen LogP contribution in [-0.2, 0) is 6.54 Å². The average molecular weight is 419 g/mol. The Kier molecular flexibility index (Phi) is 5.07. The molecule has 0 radical (unpaired) electrons. The lowest BCUT2D eigenvalue weighted by Gasteiger charge is -2.07. The molecule has 0 spiro atoms. The summed E-state index contributed by atoms with van der Waals surface area (Å²) in [5.74, 6) is 0.711. The molecular weight excluding hydrogens is 396 g/mol. The van der Waals surface area contributed by atoms with Crippen LogP contribution in [0.1, 0.15) is 21.5 Å². The number of hydrogen-bond donors (Lipinski definition) is 0. The molecule has 156 valence electrons. The number of carbonyl (C=O) groups is 1. The van der Waals surface area contributed by atoms with E-state index in [2.05, 4.69) is 66.3 Å². The van der Waals surface area contributed by atoms with Crippen molar-refractivity contribution in [3.63, 3.8) is 0 Å². The lowest BCUT2D eigenvalue weighted by molar-refractivity contribution is 0.0972. The van der Waals surface area contributed by atoms with Crippen LogP contribution in [0, 0.1) is 13.8 Å². The molecule has 5 nitrogen and oxygen atoms in total. The molecule has 3 aromatic rings. The second kappa shape index (κ2) is 8.19. The Morgan fingerprint density at radius 2 is 1.47 bits per heavy atom. The maximum Gasteiger partial charge on any atom is 0.182 e. The molecule has 32 heavy (non-hydrogen) atoms. The quantitative estimate of drug-likeness (QED) is 0.348. The molecule has 2 aliphatic heterocycles. The number of rotatable bonds is 5. The lowest BCUT2D eigenvalue weighted by atomic mass is 9.99. The fraction of sp³-hybridized carbons (Fsp3) is 0.111. The molecule has 0 atom stereocenters. The summed E-state index contributed by atoms with van der Waals surface area (Å²) in [5, 5.41) is 0. The zero-order valence-corrected chi connectivity index (χ0v) is 18.0. The predicted octanol–water partition coefficient (Wildman–Crippen LogP) is 5.61. The van der Waals surface area contributed by atoms with E-state index in [0.717, 1.165) is 17.0 Å². The number of fused-ring (bicyclic) bond motifs is 1. The summed E-state index contributed by atoms with van der Waals surface area (Å²) in [6.07, 6.45) is 6.99. The van der Waals surface area contributed by atoms with Gasteiger partial charge in [0.05, 0.1) is 12.2 Å². The fourth-order valence-corrected chi connectivity index (χ4v) is 3.71. The third-order valence-corrected chi connectivity index (χ3v) is 5.74. The predicted molar refractivity (Wildman–Crippen MR) is 126 cm³/mol. The Morgan fingerprint density at radius 1 is 0.781 bits per heavy atom. The van der Waals surface area contributed by atoms with Crippen molar-refractivity contribution in [2.24, 2.45) is 0 Å². The highest BCUT2D eigenvalue weighted by Crippen LogP contribution is 2.28. The summed E-state index contributed by atoms with van der Waals surface area (Å²) >= 11 is 0. The highest BCUT2D eigenvalue weighted by molar-refractivity contribution is 5.95. The van der Waals surface area contributed by atoms with Gasteiger partial charge in [0, 0.05) is 35.9 Å². The van der Waals surface area contributed by atoms with Gasteiger partial charge in [-0.05, 0) is 54.3 Å². The van der Waals surface area contributed by atoms with Gasteiger partial charge < -0.3 is 4.57 Å². The number of aromatic nitrogens is 4. The van der Waals surface area contributed by atoms with E-state index in [4.69, 9.17) is 4.98 Å². The maximum atomic E-state index is 12.5. The van der Waals surface area contributed by atoms with Gasteiger partial charge in [-0.3, -0.25) is 9.78 Å². The van der Waals surface area contributed by atoms with Gasteiger partial charge in [0.2, 0.25) is 0 Å². The first-order chi connectivity index (χ1) is 15.6. The van der Waals surface area contributed by atoms with E-state index in [0.29, 0.717) is 11.4 Å². The third-order valence-electron chi connectivity index (χ3n) is 5.74. The van der Waals surface area contributed by atoms with E-state index < -0.39 is 0 Å². The van der Waals surface area contributed by atoms with Crippen LogP contribution in [0.25, 0.3) is 33.9 Å². The summed E-state index contributed by atoms with van der Waals surface area (Å²) in [5.41, 5.74) is 8.14. The van der Waals surface area contributed by atoms with Crippen molar-refractivity contribution in [1.29, 1.82) is 0 Å². The number of aryl methyl sites for hydroxylation is 2. The molecule has 2 aliphatic rings. The summed E-state index contributed by atoms with van der Waals surface area (Å²) < 4.78 is 1.84. The monoisotopic (exact) mass is 418 g/mol. The number of carbonyl (C=O) groups excluding carboxylic acids is 1. The number of Topliss-reactive ketones (excluding diaryl/α,β-unsaturated/α-hetero) is 1. The van der Waals surface area contributed by atoms with Crippen molar-refractivity contribution in [1.82, 2.24) is 19.5 Å². The Labute approximate surface area is 186 Å². The molecule has 0 saturated carbocycles. The van der Waals surface area contributed by atoms with Crippen molar-refractivity contribution < 1.29 is 4.79 Å². The second-order valence-corrected chi connectivity index (χ2v) is 7.97. The average Bonchev–Trinajstić information content (AvgIpc) is 3.25. The summed E-state index contributed by atoms with van der Waals surface area (Å²) in [6, 6.07) is 20.2. The van der Waals surface area contributed by atoms with E-state index in [1.54, 1.807) is 24.5 Å². The number of benzene rings is 2. The molecule has 0 unspecified atom stereocenters. The summed E-state index contributed by atoms with van der Waals surface area (Å²) in [7, 11) is 0. The first-order valence-corrected chi connectivity index (χ1v) is 10.5. The van der Waals surface area contributed by atoms with E-state index in [1.807, 2.05) is 23.0 Å². The minimum Gasteiger partial charge on any atom is -0.344 e. The normalized spacial score (nSPS) is 11.1. The first kappa shape index (κ1) is 19.8. The smallest absolute Gasteiger partial charge is 0.182 e. The maximum absolute atomic E-state index is 12.5. The highest BCUT2D eigenvalue weighted by Gasteiger charge is 2.14. The Bertz CT molecular complexity index is 1370. The van der Waals surface area contributed by atoms with Gasteiger partial charge in [-0.15, -0.1) is 0 Å². The topological polar surface area (TPSA) is 60.7 Å². The number of imidazole rings is 1. The van der Waals surface area contributed by atoms with E-state index >= 15 is 0 Å². The standard InChI is InChI=1S/C27H22N4O/c1-18-3-4-23(15-19(18)2)20-5-7-22(8-6-20)27-29-24-11-14-31(16-25(24)30-27)17-26(32)21-9-12-28-13-10-21/h3-16H,17H2,1-2H3. The molecule has 0 aliphatic carbocycles. The zero-order valence-electron chi connectivity index (χ0n) is 18.0. The van der Waals surface area contributed by atoms with Gasteiger partial charge in [0.15, 0.2) is 11.6 Å². The number of ketones is 1. The molecule has 5 rings (SSSR count). The molecule has 5 heteroatoms. The minimum atomic E-state index is 0.0263. The number of nitrogens with zero attached hydrogens (tertiary/aromatic N) is 4. The van der Waals surface area contributed by atoms with Crippen LogP contribution in [0.5, 0.6) is 0 Å². The van der Waals surface area contributed by atoms with Crippen molar-refractivity contribution >= 4 is 5.78 Å². The van der Waals surface area contributed by atoms with Crippen LogP contribution in [0.4, 0.5) is 0 Å². The van der Waals surface area contributed by atoms with Crippen molar-refractivity contribution in [3.05, 3.63) is 102 Å².